The molecule has 0 aromatic carbocycles. The smallest absolute Gasteiger partial charge is 0.226 e. The minimum atomic E-state index is -0.00428. The fourth-order valence-electron chi connectivity index (χ4n) is 1.20. The van der Waals surface area contributed by atoms with E-state index >= 15 is 0 Å². The molecule has 1 aromatic heterocycles. The van der Waals surface area contributed by atoms with Crippen LogP contribution >= 0.6 is 11.6 Å². The second-order valence-corrected chi connectivity index (χ2v) is 3.16. The van der Waals surface area contributed by atoms with Crippen molar-refractivity contribution in [3.8, 4) is 0 Å². The third kappa shape index (κ3) is 1.72. The van der Waals surface area contributed by atoms with E-state index in [1.165, 1.54) is 0 Å². The number of nitrogens with zero attached hydrogens (tertiary/aromatic N) is 1. The number of pyridine rings is 1. The zero-order chi connectivity index (χ0) is 9.26. The lowest BCUT2D eigenvalue weighted by atomic mass is 10.3. The minimum Gasteiger partial charge on any atom is -0.383 e. The third-order valence-electron chi connectivity index (χ3n) is 1.81. The van der Waals surface area contributed by atoms with E-state index < -0.39 is 0 Å². The van der Waals surface area contributed by atoms with Crippen molar-refractivity contribution in [3.05, 3.63) is 17.4 Å². The summed E-state index contributed by atoms with van der Waals surface area (Å²) in [6, 6.07) is 1.70. The maximum Gasteiger partial charge on any atom is 0.226 e. The first-order valence-corrected chi connectivity index (χ1v) is 4.33. The Bertz CT molecular complexity index is 353. The molecule has 1 aromatic rings. The molecule has 0 aliphatic carbocycles. The van der Waals surface area contributed by atoms with E-state index in [0.29, 0.717) is 23.8 Å². The Balaban J connectivity index is 2.40. The van der Waals surface area contributed by atoms with Gasteiger partial charge >= 0.3 is 0 Å². The van der Waals surface area contributed by atoms with Crippen molar-refractivity contribution >= 4 is 28.9 Å². The molecule has 1 amide bonds. The van der Waals surface area contributed by atoms with Crippen LogP contribution in [0.5, 0.6) is 0 Å². The van der Waals surface area contributed by atoms with Gasteiger partial charge in [-0.05, 0) is 0 Å². The molecule has 0 spiro atoms. The first kappa shape index (κ1) is 8.31. The summed E-state index contributed by atoms with van der Waals surface area (Å²) in [5.41, 5.74) is 1.51. The Morgan fingerprint density at radius 3 is 3.15 bits per heavy atom. The molecule has 5 heteroatoms. The van der Waals surface area contributed by atoms with Gasteiger partial charge in [0.05, 0.1) is 17.6 Å². The average molecular weight is 198 g/mol. The average Bonchev–Trinajstić information content (AvgIpc) is 2.25. The van der Waals surface area contributed by atoms with Crippen LogP contribution in [0.4, 0.5) is 11.4 Å². The normalized spacial score (nSPS) is 15.3. The summed E-state index contributed by atoms with van der Waals surface area (Å²) in [4.78, 5) is 15.0. The second-order valence-electron chi connectivity index (χ2n) is 2.78. The number of nitrogens with one attached hydrogen (secondary N) is 2. The van der Waals surface area contributed by atoms with Gasteiger partial charge in [0, 0.05) is 19.0 Å². The highest BCUT2D eigenvalue weighted by Crippen LogP contribution is 2.25. The van der Waals surface area contributed by atoms with Crippen molar-refractivity contribution in [2.45, 2.75) is 6.42 Å². The lowest BCUT2D eigenvalue weighted by Crippen LogP contribution is -2.10. The number of aromatic nitrogens is 1. The van der Waals surface area contributed by atoms with Gasteiger partial charge in [-0.15, -0.1) is 0 Å². The van der Waals surface area contributed by atoms with E-state index in [4.69, 9.17) is 11.6 Å². The molecule has 1 aliphatic rings. The molecule has 0 fully saturated rings. The third-order valence-corrected chi connectivity index (χ3v) is 2.02. The van der Waals surface area contributed by atoms with Crippen molar-refractivity contribution in [1.82, 2.24) is 4.98 Å². The fourth-order valence-corrected chi connectivity index (χ4v) is 1.36. The van der Waals surface area contributed by atoms with Gasteiger partial charge in [-0.1, -0.05) is 11.6 Å². The Kier molecular flexibility index (Phi) is 2.06. The molecule has 0 unspecified atom stereocenters. The minimum absolute atomic E-state index is 0.00428. The maximum absolute atomic E-state index is 11.1. The van der Waals surface area contributed by atoms with Gasteiger partial charge in [0.2, 0.25) is 5.91 Å². The van der Waals surface area contributed by atoms with Crippen LogP contribution in [0.3, 0.4) is 0 Å². The predicted octanol–water partition coefficient (Wildman–Crippen LogP) is 1.49. The maximum atomic E-state index is 11.1. The monoisotopic (exact) mass is 197 g/mol. The van der Waals surface area contributed by atoms with E-state index in [0.717, 1.165) is 5.69 Å². The van der Waals surface area contributed by atoms with Crippen molar-refractivity contribution in [1.29, 1.82) is 0 Å². The Labute approximate surface area is 80.3 Å². The zero-order valence-corrected chi connectivity index (χ0v) is 7.56. The van der Waals surface area contributed by atoms with Gasteiger partial charge in [0.15, 0.2) is 0 Å². The number of anilines is 2. The number of rotatable bonds is 0. The molecular weight excluding hydrogens is 190 g/mol. The number of hydrogen-bond donors (Lipinski definition) is 2. The SMILES string of the molecule is O=C1CCNc2cc(Cl)ncc2N1. The van der Waals surface area contributed by atoms with E-state index in [2.05, 4.69) is 15.6 Å². The largest absolute Gasteiger partial charge is 0.383 e. The van der Waals surface area contributed by atoms with Crippen LogP contribution in [0.25, 0.3) is 0 Å². The highest BCUT2D eigenvalue weighted by atomic mass is 35.5. The van der Waals surface area contributed by atoms with Crippen LogP contribution in [0, 0.1) is 0 Å². The van der Waals surface area contributed by atoms with Gasteiger partial charge in [-0.3, -0.25) is 4.79 Å². The summed E-state index contributed by atoms with van der Waals surface area (Å²) in [6.45, 7) is 0.624. The van der Waals surface area contributed by atoms with Crippen LogP contribution in [-0.2, 0) is 4.79 Å². The lowest BCUT2D eigenvalue weighted by molar-refractivity contribution is -0.115. The fraction of sp³-hybridized carbons (Fsp3) is 0.250. The molecule has 0 saturated carbocycles. The first-order chi connectivity index (χ1) is 6.25. The second kappa shape index (κ2) is 3.22. The molecule has 0 atom stereocenters. The van der Waals surface area contributed by atoms with E-state index in [-0.39, 0.29) is 5.91 Å². The summed E-state index contributed by atoms with van der Waals surface area (Å²) >= 11 is 5.70. The molecule has 2 N–H and O–H groups in total. The lowest BCUT2D eigenvalue weighted by Gasteiger charge is -2.06. The molecule has 0 saturated heterocycles. The van der Waals surface area contributed by atoms with Crippen LogP contribution in [0.15, 0.2) is 12.3 Å². The van der Waals surface area contributed by atoms with Crippen LogP contribution in [0.2, 0.25) is 5.15 Å². The summed E-state index contributed by atoms with van der Waals surface area (Å²) in [5.74, 6) is -0.00428. The molecule has 4 nitrogen and oxygen atoms in total. The Morgan fingerprint density at radius 2 is 2.31 bits per heavy atom. The summed E-state index contributed by atoms with van der Waals surface area (Å²) < 4.78 is 0. The number of fused-ring (bicyclic) bond motifs is 1. The molecule has 68 valence electrons. The Morgan fingerprint density at radius 1 is 1.46 bits per heavy atom. The van der Waals surface area contributed by atoms with E-state index in [1.807, 2.05) is 0 Å². The van der Waals surface area contributed by atoms with Gasteiger partial charge in [0.25, 0.3) is 0 Å². The van der Waals surface area contributed by atoms with Gasteiger partial charge < -0.3 is 10.6 Å². The molecule has 2 rings (SSSR count). The summed E-state index contributed by atoms with van der Waals surface area (Å²) in [5, 5.41) is 6.23. The van der Waals surface area contributed by atoms with Crippen molar-refractivity contribution in [2.75, 3.05) is 17.2 Å². The van der Waals surface area contributed by atoms with Crippen molar-refractivity contribution < 1.29 is 4.79 Å². The van der Waals surface area contributed by atoms with Crippen LogP contribution < -0.4 is 10.6 Å². The number of amides is 1. The Hall–Kier alpha value is -1.29. The quantitative estimate of drug-likeness (QED) is 0.620. The summed E-state index contributed by atoms with van der Waals surface area (Å²) in [7, 11) is 0. The molecule has 13 heavy (non-hydrogen) atoms. The standard InChI is InChI=1S/C8H8ClN3O/c9-7-3-5-6(4-11-7)12-8(13)1-2-10-5/h3-4,10H,1-2H2,(H,12,13). The number of halogens is 1. The number of hydrogen-bond acceptors (Lipinski definition) is 3. The van der Waals surface area contributed by atoms with Gasteiger partial charge in [0.1, 0.15) is 5.15 Å². The van der Waals surface area contributed by atoms with Crippen LogP contribution in [0.1, 0.15) is 6.42 Å². The summed E-state index contributed by atoms with van der Waals surface area (Å²) in [6.07, 6.45) is 2.01. The molecule has 0 radical (unpaired) electrons. The van der Waals surface area contributed by atoms with Gasteiger partial charge in [-0.2, -0.15) is 0 Å². The first-order valence-electron chi connectivity index (χ1n) is 3.95. The topological polar surface area (TPSA) is 54.0 Å². The van der Waals surface area contributed by atoms with Gasteiger partial charge in [-0.25, -0.2) is 4.98 Å². The van der Waals surface area contributed by atoms with Crippen LogP contribution in [-0.4, -0.2) is 17.4 Å². The van der Waals surface area contributed by atoms with Crippen molar-refractivity contribution in [3.63, 3.8) is 0 Å². The highest BCUT2D eigenvalue weighted by molar-refractivity contribution is 6.29. The molecule has 0 bridgehead atoms. The van der Waals surface area contributed by atoms with E-state index in [9.17, 15) is 4.79 Å². The molecule has 2 heterocycles. The highest BCUT2D eigenvalue weighted by Gasteiger charge is 2.12. The van der Waals surface area contributed by atoms with E-state index in [1.54, 1.807) is 12.3 Å². The molecule has 1 aliphatic heterocycles. The number of carbonyl (C=O) groups excluding carboxylic acids is 1. The number of carbonyl (C=O) groups is 1. The van der Waals surface area contributed by atoms with Crippen molar-refractivity contribution in [2.24, 2.45) is 0 Å². The zero-order valence-electron chi connectivity index (χ0n) is 6.80. The molecular formula is C8H8ClN3O. The predicted molar refractivity (Wildman–Crippen MR) is 51.0 cm³/mol.